The molecule has 0 bridgehead atoms. The van der Waals surface area contributed by atoms with Gasteiger partial charge in [0, 0.05) is 18.2 Å². The van der Waals surface area contributed by atoms with Crippen LogP contribution in [0.4, 0.5) is 0 Å². The first-order valence-corrected chi connectivity index (χ1v) is 6.36. The van der Waals surface area contributed by atoms with Gasteiger partial charge >= 0.3 is 0 Å². The Hall–Kier alpha value is -1.84. The Morgan fingerprint density at radius 3 is 2.47 bits per heavy atom. The third-order valence-corrected chi connectivity index (χ3v) is 3.18. The van der Waals surface area contributed by atoms with E-state index in [-0.39, 0.29) is 12.6 Å². The van der Waals surface area contributed by atoms with Crippen LogP contribution in [0.5, 0.6) is 5.75 Å². The largest absolute Gasteiger partial charge is 0.496 e. The summed E-state index contributed by atoms with van der Waals surface area (Å²) in [5.74, 6) is 0.764. The fraction of sp³-hybridized carbons (Fsp3) is 0.250. The maximum atomic E-state index is 9.03. The molecule has 2 aromatic rings. The molecule has 0 saturated carbocycles. The van der Waals surface area contributed by atoms with Crippen LogP contribution >= 0.6 is 0 Å². The summed E-state index contributed by atoms with van der Waals surface area (Å²) in [6.45, 7) is 0.0693. The smallest absolute Gasteiger partial charge is 0.123 e. The van der Waals surface area contributed by atoms with Crippen molar-refractivity contribution < 1.29 is 9.84 Å². The Labute approximate surface area is 113 Å². The zero-order valence-corrected chi connectivity index (χ0v) is 11.0. The van der Waals surface area contributed by atoms with E-state index in [0.717, 1.165) is 22.4 Å². The van der Waals surface area contributed by atoms with Gasteiger partial charge < -0.3 is 15.6 Å². The molecule has 100 valence electrons. The first kappa shape index (κ1) is 13.6. The summed E-state index contributed by atoms with van der Waals surface area (Å²) < 4.78 is 5.34. The monoisotopic (exact) mass is 257 g/mol. The maximum Gasteiger partial charge on any atom is 0.123 e. The molecule has 2 aromatic carbocycles. The topological polar surface area (TPSA) is 55.5 Å². The lowest BCUT2D eigenvalue weighted by atomic mass is 9.97. The van der Waals surface area contributed by atoms with E-state index >= 15 is 0 Å². The van der Waals surface area contributed by atoms with Crippen LogP contribution in [-0.2, 0) is 0 Å². The van der Waals surface area contributed by atoms with Gasteiger partial charge in [-0.2, -0.15) is 0 Å². The third-order valence-electron chi connectivity index (χ3n) is 3.18. The lowest BCUT2D eigenvalue weighted by Gasteiger charge is -2.16. The average molecular weight is 257 g/mol. The van der Waals surface area contributed by atoms with E-state index in [1.807, 2.05) is 36.4 Å². The molecule has 3 N–H and O–H groups in total. The molecule has 1 atom stereocenters. The van der Waals surface area contributed by atoms with Gasteiger partial charge in [-0.1, -0.05) is 36.4 Å². The fourth-order valence-electron chi connectivity index (χ4n) is 2.13. The van der Waals surface area contributed by atoms with E-state index in [2.05, 4.69) is 12.1 Å². The van der Waals surface area contributed by atoms with Gasteiger partial charge in [0.15, 0.2) is 0 Å². The first-order chi connectivity index (χ1) is 9.26. The minimum Gasteiger partial charge on any atom is -0.496 e. The van der Waals surface area contributed by atoms with Crippen LogP contribution in [0.3, 0.4) is 0 Å². The van der Waals surface area contributed by atoms with Crippen molar-refractivity contribution in [2.45, 2.75) is 12.5 Å². The van der Waals surface area contributed by atoms with Gasteiger partial charge in [0.25, 0.3) is 0 Å². The summed E-state index contributed by atoms with van der Waals surface area (Å²) in [5.41, 5.74) is 9.26. The highest BCUT2D eigenvalue weighted by Gasteiger charge is 2.12. The van der Waals surface area contributed by atoms with Crippen LogP contribution in [0.2, 0.25) is 0 Å². The summed E-state index contributed by atoms with van der Waals surface area (Å²) in [6, 6.07) is 15.9. The third kappa shape index (κ3) is 3.13. The molecule has 0 amide bonds. The van der Waals surface area contributed by atoms with Crippen molar-refractivity contribution in [3.63, 3.8) is 0 Å². The standard InChI is InChI=1S/C16H19NO2/c1-19-16-8-7-13(12-5-3-2-4-6-12)11-14(16)15(17)9-10-18/h2-8,11,15,18H,9-10,17H2,1H3. The zero-order valence-electron chi connectivity index (χ0n) is 11.0. The molecule has 3 nitrogen and oxygen atoms in total. The summed E-state index contributed by atoms with van der Waals surface area (Å²) in [4.78, 5) is 0. The number of methoxy groups -OCH3 is 1. The molecule has 1 unspecified atom stereocenters. The van der Waals surface area contributed by atoms with Gasteiger partial charge in [-0.25, -0.2) is 0 Å². The van der Waals surface area contributed by atoms with Gasteiger partial charge in [0.05, 0.1) is 7.11 Å². The molecule has 19 heavy (non-hydrogen) atoms. The number of benzene rings is 2. The van der Waals surface area contributed by atoms with Crippen molar-refractivity contribution >= 4 is 0 Å². The highest BCUT2D eigenvalue weighted by molar-refractivity contribution is 5.65. The van der Waals surface area contributed by atoms with E-state index in [1.54, 1.807) is 7.11 Å². The molecule has 0 heterocycles. The molecular formula is C16H19NO2. The fourth-order valence-corrected chi connectivity index (χ4v) is 2.13. The SMILES string of the molecule is COc1ccc(-c2ccccc2)cc1C(N)CCO. The second kappa shape index (κ2) is 6.36. The molecular weight excluding hydrogens is 238 g/mol. The molecule has 0 fully saturated rings. The minimum atomic E-state index is -0.219. The molecule has 0 aliphatic rings. The van der Waals surface area contributed by atoms with E-state index in [0.29, 0.717) is 6.42 Å². The summed E-state index contributed by atoms with van der Waals surface area (Å²) >= 11 is 0. The minimum absolute atomic E-state index is 0.0693. The molecule has 0 aliphatic heterocycles. The van der Waals surface area contributed by atoms with Crippen molar-refractivity contribution in [3.8, 4) is 16.9 Å². The van der Waals surface area contributed by atoms with Gasteiger partial charge in [0.2, 0.25) is 0 Å². The highest BCUT2D eigenvalue weighted by atomic mass is 16.5. The van der Waals surface area contributed by atoms with Crippen LogP contribution < -0.4 is 10.5 Å². The lowest BCUT2D eigenvalue weighted by molar-refractivity contribution is 0.275. The number of aliphatic hydroxyl groups is 1. The van der Waals surface area contributed by atoms with Gasteiger partial charge in [-0.05, 0) is 29.7 Å². The molecule has 0 spiro atoms. The van der Waals surface area contributed by atoms with E-state index in [1.165, 1.54) is 0 Å². The van der Waals surface area contributed by atoms with Crippen LogP contribution in [0.25, 0.3) is 11.1 Å². The predicted octanol–water partition coefficient (Wildman–Crippen LogP) is 2.74. The Morgan fingerprint density at radius 2 is 1.84 bits per heavy atom. The second-order valence-corrected chi connectivity index (χ2v) is 4.44. The van der Waals surface area contributed by atoms with Crippen molar-refractivity contribution in [1.82, 2.24) is 0 Å². The van der Waals surface area contributed by atoms with Crippen molar-refractivity contribution in [3.05, 3.63) is 54.1 Å². The van der Waals surface area contributed by atoms with Crippen LogP contribution in [0.1, 0.15) is 18.0 Å². The summed E-state index contributed by atoms with van der Waals surface area (Å²) in [7, 11) is 1.63. The molecule has 0 radical (unpaired) electrons. The van der Waals surface area contributed by atoms with Gasteiger partial charge in [-0.3, -0.25) is 0 Å². The Bertz CT molecular complexity index is 526. The highest BCUT2D eigenvalue weighted by Crippen LogP contribution is 2.30. The van der Waals surface area contributed by atoms with Crippen LogP contribution in [0.15, 0.2) is 48.5 Å². The first-order valence-electron chi connectivity index (χ1n) is 6.36. The molecule has 0 aromatic heterocycles. The predicted molar refractivity (Wildman–Crippen MR) is 77.1 cm³/mol. The summed E-state index contributed by atoms with van der Waals surface area (Å²) in [6.07, 6.45) is 0.522. The quantitative estimate of drug-likeness (QED) is 0.866. The number of hydrogen-bond donors (Lipinski definition) is 2. The van der Waals surface area contributed by atoms with Gasteiger partial charge in [0.1, 0.15) is 5.75 Å². The molecule has 0 saturated heterocycles. The number of hydrogen-bond acceptors (Lipinski definition) is 3. The molecule has 3 heteroatoms. The second-order valence-electron chi connectivity index (χ2n) is 4.44. The van der Waals surface area contributed by atoms with Crippen molar-refractivity contribution in [2.75, 3.05) is 13.7 Å². The van der Waals surface area contributed by atoms with Crippen molar-refractivity contribution in [2.24, 2.45) is 5.73 Å². The van der Waals surface area contributed by atoms with Crippen LogP contribution in [-0.4, -0.2) is 18.8 Å². The zero-order chi connectivity index (χ0) is 13.7. The maximum absolute atomic E-state index is 9.03. The van der Waals surface area contributed by atoms with Crippen LogP contribution in [0, 0.1) is 0 Å². The Balaban J connectivity index is 2.41. The number of aliphatic hydroxyl groups excluding tert-OH is 1. The normalized spacial score (nSPS) is 12.2. The van der Waals surface area contributed by atoms with Crippen molar-refractivity contribution in [1.29, 1.82) is 0 Å². The number of rotatable bonds is 5. The van der Waals surface area contributed by atoms with Gasteiger partial charge in [-0.15, -0.1) is 0 Å². The van der Waals surface area contributed by atoms with E-state index in [4.69, 9.17) is 15.6 Å². The molecule has 0 aliphatic carbocycles. The Kier molecular flexibility index (Phi) is 4.55. The summed E-state index contributed by atoms with van der Waals surface area (Å²) in [5, 5.41) is 9.03. The van der Waals surface area contributed by atoms with E-state index < -0.39 is 0 Å². The number of ether oxygens (including phenoxy) is 1. The molecule has 2 rings (SSSR count). The number of nitrogens with two attached hydrogens (primary N) is 1. The average Bonchev–Trinajstić information content (AvgIpc) is 2.47. The van der Waals surface area contributed by atoms with E-state index in [9.17, 15) is 0 Å². The lowest BCUT2D eigenvalue weighted by Crippen LogP contribution is -2.13. The Morgan fingerprint density at radius 1 is 1.11 bits per heavy atom.